The van der Waals surface area contributed by atoms with E-state index in [4.69, 9.17) is 4.42 Å². The Morgan fingerprint density at radius 2 is 2.25 bits per heavy atom. The highest BCUT2D eigenvalue weighted by atomic mass is 32.2. The second kappa shape index (κ2) is 3.68. The van der Waals surface area contributed by atoms with Gasteiger partial charge in [-0.2, -0.15) is 0 Å². The lowest BCUT2D eigenvalue weighted by atomic mass is 10.3. The molecule has 0 unspecified atom stereocenters. The Morgan fingerprint density at radius 1 is 1.31 bits per heavy atom. The van der Waals surface area contributed by atoms with E-state index in [1.807, 2.05) is 18.3 Å². The fourth-order valence-corrected chi connectivity index (χ4v) is 2.13. The molecule has 0 fully saturated rings. The third kappa shape index (κ3) is 1.69. The molecule has 0 aliphatic carbocycles. The Bertz CT molecular complexity index is 618. The van der Waals surface area contributed by atoms with Crippen molar-refractivity contribution >= 4 is 22.9 Å². The van der Waals surface area contributed by atoms with Crippen molar-refractivity contribution in [2.24, 2.45) is 0 Å². The molecule has 16 heavy (non-hydrogen) atoms. The van der Waals surface area contributed by atoms with Gasteiger partial charge in [0.25, 0.3) is 5.22 Å². The number of oxazole rings is 1. The molecule has 3 rings (SSSR count). The van der Waals surface area contributed by atoms with Crippen LogP contribution in [0.2, 0.25) is 0 Å². The molecule has 0 aliphatic heterocycles. The summed E-state index contributed by atoms with van der Waals surface area (Å²) in [6.45, 7) is 0. The van der Waals surface area contributed by atoms with E-state index >= 15 is 0 Å². The highest BCUT2D eigenvalue weighted by Gasteiger charge is 2.08. The normalized spacial score (nSPS) is 11.1. The van der Waals surface area contributed by atoms with Crippen LogP contribution in [-0.4, -0.2) is 9.97 Å². The average molecular weight is 234 g/mol. The number of H-pyrrole nitrogens is 1. The molecule has 0 aliphatic rings. The van der Waals surface area contributed by atoms with Gasteiger partial charge in [-0.05, 0) is 36.0 Å². The maximum absolute atomic E-state index is 12.9. The van der Waals surface area contributed by atoms with Crippen LogP contribution in [0.3, 0.4) is 0 Å². The van der Waals surface area contributed by atoms with Gasteiger partial charge in [0.05, 0.1) is 5.03 Å². The van der Waals surface area contributed by atoms with E-state index in [9.17, 15) is 4.39 Å². The van der Waals surface area contributed by atoms with E-state index < -0.39 is 0 Å². The average Bonchev–Trinajstić information content (AvgIpc) is 2.86. The van der Waals surface area contributed by atoms with E-state index in [0.717, 1.165) is 5.03 Å². The zero-order valence-corrected chi connectivity index (χ0v) is 8.92. The maximum atomic E-state index is 12.9. The van der Waals surface area contributed by atoms with Gasteiger partial charge in [0.2, 0.25) is 0 Å². The van der Waals surface area contributed by atoms with Crippen molar-refractivity contribution in [2.45, 2.75) is 10.2 Å². The third-order valence-electron chi connectivity index (χ3n) is 2.10. The molecule has 0 bridgehead atoms. The van der Waals surface area contributed by atoms with Gasteiger partial charge in [0.1, 0.15) is 11.3 Å². The molecule has 0 atom stereocenters. The topological polar surface area (TPSA) is 41.8 Å². The van der Waals surface area contributed by atoms with E-state index in [2.05, 4.69) is 9.97 Å². The van der Waals surface area contributed by atoms with Crippen LogP contribution >= 0.6 is 11.8 Å². The van der Waals surface area contributed by atoms with Crippen molar-refractivity contribution in [3.8, 4) is 0 Å². The van der Waals surface area contributed by atoms with Crippen LogP contribution < -0.4 is 0 Å². The van der Waals surface area contributed by atoms with E-state index in [0.29, 0.717) is 16.3 Å². The van der Waals surface area contributed by atoms with Gasteiger partial charge in [0.15, 0.2) is 5.58 Å². The van der Waals surface area contributed by atoms with Gasteiger partial charge in [-0.15, -0.1) is 0 Å². The molecule has 1 N–H and O–H groups in total. The smallest absolute Gasteiger partial charge is 0.263 e. The second-order valence-corrected chi connectivity index (χ2v) is 4.22. The second-order valence-electron chi connectivity index (χ2n) is 3.23. The fraction of sp³-hybridized carbons (Fsp3) is 0. The van der Waals surface area contributed by atoms with Crippen molar-refractivity contribution in [2.75, 3.05) is 0 Å². The van der Waals surface area contributed by atoms with Gasteiger partial charge < -0.3 is 9.40 Å². The Labute approximate surface area is 94.7 Å². The lowest BCUT2D eigenvalue weighted by molar-refractivity contribution is 0.487. The van der Waals surface area contributed by atoms with Crippen molar-refractivity contribution in [1.82, 2.24) is 9.97 Å². The number of fused-ring (bicyclic) bond motifs is 1. The number of aromatic amines is 1. The molecule has 0 radical (unpaired) electrons. The van der Waals surface area contributed by atoms with Crippen molar-refractivity contribution in [3.63, 3.8) is 0 Å². The summed E-state index contributed by atoms with van der Waals surface area (Å²) < 4.78 is 18.3. The summed E-state index contributed by atoms with van der Waals surface area (Å²) >= 11 is 1.37. The molecule has 1 aromatic carbocycles. The summed E-state index contributed by atoms with van der Waals surface area (Å²) in [7, 11) is 0. The predicted octanol–water partition coefficient (Wildman–Crippen LogP) is 3.45. The number of nitrogens with zero attached hydrogens (tertiary/aromatic N) is 1. The van der Waals surface area contributed by atoms with E-state index in [1.54, 1.807) is 6.07 Å². The summed E-state index contributed by atoms with van der Waals surface area (Å²) in [6.07, 6.45) is 1.82. The first kappa shape index (κ1) is 9.47. The molecule has 0 saturated carbocycles. The highest BCUT2D eigenvalue weighted by Crippen LogP contribution is 2.28. The molecule has 80 valence electrons. The third-order valence-corrected chi connectivity index (χ3v) is 2.92. The number of aromatic nitrogens is 2. The first-order valence-electron chi connectivity index (χ1n) is 4.68. The van der Waals surface area contributed by atoms with Gasteiger partial charge in [0, 0.05) is 12.3 Å². The minimum absolute atomic E-state index is 0.319. The Balaban J connectivity index is 1.99. The lowest BCUT2D eigenvalue weighted by Gasteiger charge is -1.89. The molecule has 3 nitrogen and oxygen atoms in total. The predicted molar refractivity (Wildman–Crippen MR) is 58.9 cm³/mol. The molecular weight excluding hydrogens is 227 g/mol. The van der Waals surface area contributed by atoms with Crippen LogP contribution in [0.4, 0.5) is 4.39 Å². The first-order valence-corrected chi connectivity index (χ1v) is 5.50. The summed E-state index contributed by atoms with van der Waals surface area (Å²) in [5.41, 5.74) is 1.13. The highest BCUT2D eigenvalue weighted by molar-refractivity contribution is 7.99. The number of hydrogen-bond acceptors (Lipinski definition) is 3. The summed E-state index contributed by atoms with van der Waals surface area (Å²) in [5, 5.41) is 1.44. The number of rotatable bonds is 2. The van der Waals surface area contributed by atoms with E-state index in [-0.39, 0.29) is 5.82 Å². The summed E-state index contributed by atoms with van der Waals surface area (Å²) in [5.74, 6) is -0.319. The molecule has 3 aromatic rings. The monoisotopic (exact) mass is 234 g/mol. The molecule has 0 amide bonds. The minimum atomic E-state index is -0.319. The Morgan fingerprint density at radius 3 is 3.06 bits per heavy atom. The lowest BCUT2D eigenvalue weighted by Crippen LogP contribution is -1.72. The number of hydrogen-bond donors (Lipinski definition) is 1. The van der Waals surface area contributed by atoms with Gasteiger partial charge in [-0.3, -0.25) is 0 Å². The fourth-order valence-electron chi connectivity index (χ4n) is 1.39. The number of nitrogens with one attached hydrogen (secondary N) is 1. The van der Waals surface area contributed by atoms with Crippen molar-refractivity contribution < 1.29 is 8.81 Å². The van der Waals surface area contributed by atoms with E-state index in [1.165, 1.54) is 23.9 Å². The molecule has 5 heteroatoms. The summed E-state index contributed by atoms with van der Waals surface area (Å²) in [4.78, 5) is 7.27. The summed E-state index contributed by atoms with van der Waals surface area (Å²) in [6, 6.07) is 8.12. The SMILES string of the molecule is Fc1ccc2nc(Sc3ccc[nH]3)oc2c1. The molecule has 0 saturated heterocycles. The van der Waals surface area contributed by atoms with Crippen LogP contribution in [0.1, 0.15) is 0 Å². The molecular formula is C11H7FN2OS. The quantitative estimate of drug-likeness (QED) is 0.738. The largest absolute Gasteiger partial charge is 0.431 e. The van der Waals surface area contributed by atoms with Crippen LogP contribution in [0.15, 0.2) is 51.2 Å². The first-order chi connectivity index (χ1) is 7.81. The standard InChI is InChI=1S/C11H7FN2OS/c12-7-3-4-8-9(6-7)15-11(14-8)16-10-2-1-5-13-10/h1-6,13H. The minimum Gasteiger partial charge on any atom is -0.431 e. The zero-order valence-electron chi connectivity index (χ0n) is 8.11. The van der Waals surface area contributed by atoms with Crippen molar-refractivity contribution in [3.05, 3.63) is 42.3 Å². The van der Waals surface area contributed by atoms with Crippen LogP contribution in [0.25, 0.3) is 11.1 Å². The molecule has 2 heterocycles. The van der Waals surface area contributed by atoms with Gasteiger partial charge >= 0.3 is 0 Å². The number of halogens is 1. The van der Waals surface area contributed by atoms with Crippen molar-refractivity contribution in [1.29, 1.82) is 0 Å². The zero-order chi connectivity index (χ0) is 11.0. The molecule has 2 aromatic heterocycles. The Hall–Kier alpha value is -1.75. The van der Waals surface area contributed by atoms with Gasteiger partial charge in [-0.1, -0.05) is 0 Å². The Kier molecular flexibility index (Phi) is 2.18. The molecule has 0 spiro atoms. The number of benzene rings is 1. The van der Waals surface area contributed by atoms with Crippen LogP contribution in [0.5, 0.6) is 0 Å². The van der Waals surface area contributed by atoms with Gasteiger partial charge in [-0.25, -0.2) is 9.37 Å². The van der Waals surface area contributed by atoms with Crippen LogP contribution in [0, 0.1) is 5.82 Å². The van der Waals surface area contributed by atoms with Crippen LogP contribution in [-0.2, 0) is 0 Å². The maximum Gasteiger partial charge on any atom is 0.263 e.